The van der Waals surface area contributed by atoms with E-state index in [1.165, 1.54) is 6.07 Å². The molecule has 0 unspecified atom stereocenters. The molecule has 0 fully saturated rings. The Hall–Kier alpha value is -1.42. The van der Waals surface area contributed by atoms with Crippen molar-refractivity contribution in [2.75, 3.05) is 26.7 Å². The fourth-order valence-corrected chi connectivity index (χ4v) is 1.75. The van der Waals surface area contributed by atoms with Gasteiger partial charge in [-0.15, -0.1) is 0 Å². The average Bonchev–Trinajstić information content (AvgIpc) is 2.37. The lowest BCUT2D eigenvalue weighted by Crippen LogP contribution is -2.23. The van der Waals surface area contributed by atoms with Gasteiger partial charge in [0.2, 0.25) is 0 Å². The second-order valence-corrected chi connectivity index (χ2v) is 4.70. The van der Waals surface area contributed by atoms with Gasteiger partial charge in [0.25, 0.3) is 0 Å². The molecule has 0 aliphatic heterocycles. The van der Waals surface area contributed by atoms with Crippen LogP contribution in [0.3, 0.4) is 0 Å². The smallest absolute Gasteiger partial charge is 0.165 e. The number of ketones is 1. The number of benzene rings is 1. The van der Waals surface area contributed by atoms with Gasteiger partial charge in [0.1, 0.15) is 5.78 Å². The molecule has 0 saturated carbocycles. The number of likely N-dealkylation sites (N-methyl/N-ethyl adjacent to an activating group) is 1. The molecule has 0 saturated heterocycles. The van der Waals surface area contributed by atoms with Crippen LogP contribution in [0.25, 0.3) is 0 Å². The molecule has 0 amide bonds. The molecule has 0 N–H and O–H groups in total. The van der Waals surface area contributed by atoms with Gasteiger partial charge in [-0.05, 0) is 45.0 Å². The number of nitrogens with zero attached hydrogens (tertiary/aromatic N) is 1. The summed E-state index contributed by atoms with van der Waals surface area (Å²) in [6, 6.07) is 5.07. The Morgan fingerprint density at radius 2 is 2.11 bits per heavy atom. The van der Waals surface area contributed by atoms with Crippen LogP contribution in [-0.2, 0) is 11.2 Å². The third-order valence-electron chi connectivity index (χ3n) is 2.92. The first-order valence-corrected chi connectivity index (χ1v) is 6.62. The second-order valence-electron chi connectivity index (χ2n) is 4.70. The van der Waals surface area contributed by atoms with Crippen LogP contribution in [0, 0.1) is 5.82 Å². The van der Waals surface area contributed by atoms with Crippen molar-refractivity contribution in [3.05, 3.63) is 29.6 Å². The van der Waals surface area contributed by atoms with Crippen molar-refractivity contribution in [1.82, 2.24) is 4.90 Å². The molecule has 1 aromatic carbocycles. The maximum absolute atomic E-state index is 13.6. The highest BCUT2D eigenvalue weighted by Crippen LogP contribution is 2.18. The van der Waals surface area contributed by atoms with E-state index in [0.29, 0.717) is 18.8 Å². The summed E-state index contributed by atoms with van der Waals surface area (Å²) in [7, 11) is 1.97. The Morgan fingerprint density at radius 3 is 2.68 bits per heavy atom. The quantitative estimate of drug-likeness (QED) is 0.725. The van der Waals surface area contributed by atoms with Crippen LogP contribution in [-0.4, -0.2) is 37.4 Å². The molecule has 1 aromatic rings. The molecule has 106 valence electrons. The standard InChI is InChI=1S/C15H22FNO2/c1-4-19-15-6-5-13(11-14(15)16)8-10-17(3)9-7-12(2)18/h5-6,11H,4,7-10H2,1-3H3. The second kappa shape index (κ2) is 7.89. The number of rotatable bonds is 8. The van der Waals surface area contributed by atoms with Gasteiger partial charge in [-0.25, -0.2) is 4.39 Å². The normalized spacial score (nSPS) is 10.8. The van der Waals surface area contributed by atoms with Gasteiger partial charge in [-0.1, -0.05) is 6.07 Å². The first-order chi connectivity index (χ1) is 9.02. The van der Waals surface area contributed by atoms with Crippen molar-refractivity contribution in [1.29, 1.82) is 0 Å². The first kappa shape index (κ1) is 15.6. The number of hydrogen-bond acceptors (Lipinski definition) is 3. The van der Waals surface area contributed by atoms with E-state index in [1.807, 2.05) is 20.0 Å². The van der Waals surface area contributed by atoms with E-state index in [-0.39, 0.29) is 11.6 Å². The van der Waals surface area contributed by atoms with Crippen LogP contribution in [0.1, 0.15) is 25.8 Å². The molecule has 0 heterocycles. The summed E-state index contributed by atoms with van der Waals surface area (Å²) in [5.74, 6) is 0.181. The third-order valence-corrected chi connectivity index (χ3v) is 2.92. The van der Waals surface area contributed by atoms with Gasteiger partial charge in [0.15, 0.2) is 11.6 Å². The van der Waals surface area contributed by atoms with Crippen molar-refractivity contribution >= 4 is 5.78 Å². The van der Waals surface area contributed by atoms with Crippen molar-refractivity contribution in [3.8, 4) is 5.75 Å². The van der Waals surface area contributed by atoms with E-state index in [2.05, 4.69) is 4.90 Å². The first-order valence-electron chi connectivity index (χ1n) is 6.62. The summed E-state index contributed by atoms with van der Waals surface area (Å²) in [6.45, 7) is 5.44. The van der Waals surface area contributed by atoms with E-state index in [1.54, 1.807) is 13.0 Å². The van der Waals surface area contributed by atoms with Crippen LogP contribution in [0.5, 0.6) is 5.75 Å². The fraction of sp³-hybridized carbons (Fsp3) is 0.533. The van der Waals surface area contributed by atoms with Crippen molar-refractivity contribution in [3.63, 3.8) is 0 Å². The Morgan fingerprint density at radius 1 is 1.37 bits per heavy atom. The summed E-state index contributed by atoms with van der Waals surface area (Å²) in [4.78, 5) is 13.0. The van der Waals surface area contributed by atoms with Crippen molar-refractivity contribution < 1.29 is 13.9 Å². The number of halogens is 1. The average molecular weight is 267 g/mol. The Labute approximate surface area is 114 Å². The Balaban J connectivity index is 2.45. The molecule has 3 nitrogen and oxygen atoms in total. The zero-order valence-corrected chi connectivity index (χ0v) is 11.9. The van der Waals surface area contributed by atoms with E-state index in [0.717, 1.165) is 25.1 Å². The molecular formula is C15H22FNO2. The lowest BCUT2D eigenvalue weighted by Gasteiger charge is -2.15. The van der Waals surface area contributed by atoms with Gasteiger partial charge in [0, 0.05) is 19.5 Å². The highest BCUT2D eigenvalue weighted by molar-refractivity contribution is 5.75. The number of carbonyl (C=O) groups excluding carboxylic acids is 1. The predicted molar refractivity (Wildman–Crippen MR) is 74.1 cm³/mol. The lowest BCUT2D eigenvalue weighted by molar-refractivity contribution is -0.117. The molecule has 0 radical (unpaired) electrons. The monoisotopic (exact) mass is 267 g/mol. The van der Waals surface area contributed by atoms with Gasteiger partial charge >= 0.3 is 0 Å². The Kier molecular flexibility index (Phi) is 6.50. The molecule has 19 heavy (non-hydrogen) atoms. The number of ether oxygens (including phenoxy) is 1. The largest absolute Gasteiger partial charge is 0.491 e. The number of hydrogen-bond donors (Lipinski definition) is 0. The van der Waals surface area contributed by atoms with Gasteiger partial charge in [-0.2, -0.15) is 0 Å². The zero-order chi connectivity index (χ0) is 14.3. The number of carbonyl (C=O) groups is 1. The minimum atomic E-state index is -0.314. The van der Waals surface area contributed by atoms with E-state index >= 15 is 0 Å². The van der Waals surface area contributed by atoms with Crippen molar-refractivity contribution in [2.24, 2.45) is 0 Å². The molecule has 0 spiro atoms. The number of Topliss-reactive ketones (excluding diaryl/α,β-unsaturated/α-hetero) is 1. The van der Waals surface area contributed by atoms with Crippen LogP contribution in [0.15, 0.2) is 18.2 Å². The Bertz CT molecular complexity index is 421. The molecule has 0 aromatic heterocycles. The maximum atomic E-state index is 13.6. The van der Waals surface area contributed by atoms with Crippen LogP contribution >= 0.6 is 0 Å². The van der Waals surface area contributed by atoms with Crippen LogP contribution < -0.4 is 4.74 Å². The zero-order valence-electron chi connectivity index (χ0n) is 11.9. The SMILES string of the molecule is CCOc1ccc(CCN(C)CCC(C)=O)cc1F. The molecule has 1 rings (SSSR count). The molecule has 0 aliphatic rings. The summed E-state index contributed by atoms with van der Waals surface area (Å²) in [5.41, 5.74) is 0.940. The molecule has 0 atom stereocenters. The third kappa shape index (κ3) is 5.83. The minimum absolute atomic E-state index is 0.193. The van der Waals surface area contributed by atoms with E-state index in [4.69, 9.17) is 4.74 Å². The molecule has 0 aliphatic carbocycles. The van der Waals surface area contributed by atoms with Crippen molar-refractivity contribution in [2.45, 2.75) is 26.7 Å². The predicted octanol–water partition coefficient (Wildman–Crippen LogP) is 2.68. The highest BCUT2D eigenvalue weighted by atomic mass is 19.1. The summed E-state index contributed by atoms with van der Waals surface area (Å²) >= 11 is 0. The van der Waals surface area contributed by atoms with Crippen LogP contribution in [0.4, 0.5) is 4.39 Å². The summed E-state index contributed by atoms with van der Waals surface area (Å²) < 4.78 is 18.8. The summed E-state index contributed by atoms with van der Waals surface area (Å²) in [6.07, 6.45) is 1.33. The minimum Gasteiger partial charge on any atom is -0.491 e. The molecule has 0 bridgehead atoms. The maximum Gasteiger partial charge on any atom is 0.165 e. The topological polar surface area (TPSA) is 29.5 Å². The van der Waals surface area contributed by atoms with Gasteiger partial charge < -0.3 is 9.64 Å². The van der Waals surface area contributed by atoms with E-state index < -0.39 is 0 Å². The van der Waals surface area contributed by atoms with Gasteiger partial charge in [-0.3, -0.25) is 4.79 Å². The molecule has 4 heteroatoms. The highest BCUT2D eigenvalue weighted by Gasteiger charge is 2.06. The van der Waals surface area contributed by atoms with Gasteiger partial charge in [0.05, 0.1) is 6.61 Å². The summed E-state index contributed by atoms with van der Waals surface area (Å²) in [5, 5.41) is 0. The lowest BCUT2D eigenvalue weighted by atomic mass is 10.1. The van der Waals surface area contributed by atoms with E-state index in [9.17, 15) is 9.18 Å². The molecular weight excluding hydrogens is 245 g/mol. The fourth-order valence-electron chi connectivity index (χ4n) is 1.75. The van der Waals surface area contributed by atoms with Crippen LogP contribution in [0.2, 0.25) is 0 Å².